The third-order valence-corrected chi connectivity index (χ3v) is 1.96. The van der Waals surface area contributed by atoms with Crippen LogP contribution in [-0.4, -0.2) is 18.1 Å². The fraction of sp³-hybridized carbons (Fsp3) is 0.400. The maximum atomic E-state index is 9.74. The van der Waals surface area contributed by atoms with Gasteiger partial charge in [-0.3, -0.25) is 0 Å². The van der Waals surface area contributed by atoms with E-state index in [2.05, 4.69) is 0 Å². The first-order valence-corrected chi connectivity index (χ1v) is 4.17. The molecule has 3 heteroatoms. The molecule has 0 saturated carbocycles. The average molecular weight is 176 g/mol. The smallest absolute Gasteiger partial charge is 0.113 e. The van der Waals surface area contributed by atoms with Gasteiger partial charge < -0.3 is 10.2 Å². The zero-order chi connectivity index (χ0) is 10.1. The molecule has 2 N–H and O–H groups in total. The highest BCUT2D eigenvalue weighted by molar-refractivity contribution is 6.32. The molecule has 2 nitrogen and oxygen atoms in total. The van der Waals surface area contributed by atoms with Gasteiger partial charge in [0.25, 0.3) is 0 Å². The molecule has 0 saturated heterocycles. The van der Waals surface area contributed by atoms with Crippen LogP contribution < -0.4 is 5.46 Å². The molecule has 0 aliphatic heterocycles. The standard InChI is InChI=1S/C10H13BO2/c1-10(2,13)9-4-3-8(11)5-7(9)6-12/h3-5,12-13H,6H2,1-2H3. The van der Waals surface area contributed by atoms with E-state index in [-0.39, 0.29) is 6.61 Å². The van der Waals surface area contributed by atoms with E-state index in [1.807, 2.05) is 0 Å². The highest BCUT2D eigenvalue weighted by Gasteiger charge is 2.18. The molecule has 2 radical (unpaired) electrons. The third kappa shape index (κ3) is 2.33. The molecule has 0 bridgehead atoms. The van der Waals surface area contributed by atoms with Crippen molar-refractivity contribution in [3.8, 4) is 0 Å². The van der Waals surface area contributed by atoms with E-state index in [0.717, 1.165) is 0 Å². The van der Waals surface area contributed by atoms with Gasteiger partial charge in [-0.15, -0.1) is 0 Å². The van der Waals surface area contributed by atoms with Gasteiger partial charge in [0, 0.05) is 0 Å². The number of aliphatic hydroxyl groups excluding tert-OH is 1. The maximum absolute atomic E-state index is 9.74. The van der Waals surface area contributed by atoms with E-state index in [0.29, 0.717) is 16.6 Å². The summed E-state index contributed by atoms with van der Waals surface area (Å²) in [5.41, 5.74) is 1.04. The normalized spacial score (nSPS) is 11.7. The molecule has 0 aliphatic carbocycles. The Morgan fingerprint density at radius 1 is 1.38 bits per heavy atom. The molecular formula is C10H13BO2. The summed E-state index contributed by atoms with van der Waals surface area (Å²) in [5.74, 6) is 0. The van der Waals surface area contributed by atoms with Crippen LogP contribution in [0.2, 0.25) is 0 Å². The van der Waals surface area contributed by atoms with Crippen LogP contribution >= 0.6 is 0 Å². The van der Waals surface area contributed by atoms with Gasteiger partial charge in [0.2, 0.25) is 0 Å². The summed E-state index contributed by atoms with van der Waals surface area (Å²) < 4.78 is 0. The van der Waals surface area contributed by atoms with Crippen molar-refractivity contribution in [2.24, 2.45) is 0 Å². The predicted molar refractivity (Wildman–Crippen MR) is 53.0 cm³/mol. The molecule has 68 valence electrons. The Labute approximate surface area is 79.6 Å². The topological polar surface area (TPSA) is 40.5 Å². The summed E-state index contributed by atoms with van der Waals surface area (Å²) in [4.78, 5) is 0. The number of benzene rings is 1. The van der Waals surface area contributed by atoms with Crippen molar-refractivity contribution < 1.29 is 10.2 Å². The van der Waals surface area contributed by atoms with Crippen LogP contribution in [0.1, 0.15) is 25.0 Å². The zero-order valence-corrected chi connectivity index (χ0v) is 7.91. The lowest BCUT2D eigenvalue weighted by Crippen LogP contribution is -2.20. The van der Waals surface area contributed by atoms with Crippen LogP contribution in [0.3, 0.4) is 0 Å². The molecule has 0 atom stereocenters. The Hall–Kier alpha value is -0.795. The van der Waals surface area contributed by atoms with E-state index in [9.17, 15) is 5.11 Å². The van der Waals surface area contributed by atoms with Crippen molar-refractivity contribution in [1.82, 2.24) is 0 Å². The first kappa shape index (κ1) is 10.3. The molecule has 0 amide bonds. The second kappa shape index (κ2) is 3.52. The summed E-state index contributed by atoms with van der Waals surface area (Å²) in [5, 5.41) is 18.8. The van der Waals surface area contributed by atoms with Crippen molar-refractivity contribution in [2.75, 3.05) is 0 Å². The maximum Gasteiger partial charge on any atom is 0.113 e. The highest BCUT2D eigenvalue weighted by Crippen LogP contribution is 2.22. The minimum Gasteiger partial charge on any atom is -0.392 e. The van der Waals surface area contributed by atoms with Gasteiger partial charge in [-0.1, -0.05) is 23.7 Å². The van der Waals surface area contributed by atoms with Gasteiger partial charge in [-0.2, -0.15) is 0 Å². The minimum atomic E-state index is -0.939. The minimum absolute atomic E-state index is 0.107. The summed E-state index contributed by atoms with van der Waals surface area (Å²) in [6.45, 7) is 3.25. The molecule has 0 unspecified atom stereocenters. The van der Waals surface area contributed by atoms with Crippen LogP contribution in [0, 0.1) is 0 Å². The van der Waals surface area contributed by atoms with Crippen molar-refractivity contribution in [2.45, 2.75) is 26.1 Å². The number of rotatable bonds is 2. The predicted octanol–water partition coefficient (Wildman–Crippen LogP) is 0.200. The molecular weight excluding hydrogens is 163 g/mol. The summed E-state index contributed by atoms with van der Waals surface area (Å²) >= 11 is 0. The van der Waals surface area contributed by atoms with Gasteiger partial charge in [-0.25, -0.2) is 0 Å². The Kier molecular flexibility index (Phi) is 2.79. The van der Waals surface area contributed by atoms with Crippen molar-refractivity contribution in [1.29, 1.82) is 0 Å². The second-order valence-corrected chi connectivity index (χ2v) is 3.63. The third-order valence-electron chi connectivity index (χ3n) is 1.96. The summed E-state index contributed by atoms with van der Waals surface area (Å²) in [6.07, 6.45) is 0. The summed E-state index contributed by atoms with van der Waals surface area (Å²) in [6, 6.07) is 5.13. The summed E-state index contributed by atoms with van der Waals surface area (Å²) in [7, 11) is 5.55. The number of hydrogen-bond donors (Lipinski definition) is 2. The van der Waals surface area contributed by atoms with Crippen LogP contribution in [0.15, 0.2) is 18.2 Å². The Morgan fingerprint density at radius 3 is 2.46 bits per heavy atom. The van der Waals surface area contributed by atoms with Gasteiger partial charge in [0.15, 0.2) is 0 Å². The van der Waals surface area contributed by atoms with Gasteiger partial charge in [-0.05, 0) is 25.0 Å². The Bertz CT molecular complexity index is 302. The first-order valence-electron chi connectivity index (χ1n) is 4.17. The molecule has 13 heavy (non-hydrogen) atoms. The quantitative estimate of drug-likeness (QED) is 0.632. The lowest BCUT2D eigenvalue weighted by molar-refractivity contribution is 0.0760. The van der Waals surface area contributed by atoms with E-state index < -0.39 is 5.60 Å². The number of aliphatic hydroxyl groups is 2. The zero-order valence-electron chi connectivity index (χ0n) is 7.91. The molecule has 0 aliphatic rings. The second-order valence-electron chi connectivity index (χ2n) is 3.63. The SMILES string of the molecule is [B]c1ccc(C(C)(C)O)c(CO)c1. The van der Waals surface area contributed by atoms with E-state index in [4.69, 9.17) is 13.0 Å². The van der Waals surface area contributed by atoms with Crippen LogP contribution in [0.25, 0.3) is 0 Å². The van der Waals surface area contributed by atoms with Gasteiger partial charge >= 0.3 is 0 Å². The van der Waals surface area contributed by atoms with Crippen molar-refractivity contribution in [3.05, 3.63) is 29.3 Å². The van der Waals surface area contributed by atoms with Gasteiger partial charge in [0.05, 0.1) is 12.2 Å². The number of hydrogen-bond acceptors (Lipinski definition) is 2. The molecule has 1 aromatic rings. The Morgan fingerprint density at radius 2 is 2.00 bits per heavy atom. The fourth-order valence-corrected chi connectivity index (χ4v) is 1.34. The van der Waals surface area contributed by atoms with E-state index in [1.165, 1.54) is 0 Å². The van der Waals surface area contributed by atoms with Crippen molar-refractivity contribution >= 4 is 13.3 Å². The lowest BCUT2D eigenvalue weighted by atomic mass is 9.87. The van der Waals surface area contributed by atoms with Crippen LogP contribution in [0.4, 0.5) is 0 Å². The highest BCUT2D eigenvalue weighted by atomic mass is 16.3. The lowest BCUT2D eigenvalue weighted by Gasteiger charge is -2.21. The van der Waals surface area contributed by atoms with E-state index in [1.54, 1.807) is 32.0 Å². The van der Waals surface area contributed by atoms with Crippen LogP contribution in [0.5, 0.6) is 0 Å². The first-order chi connectivity index (χ1) is 5.95. The molecule has 1 rings (SSSR count). The van der Waals surface area contributed by atoms with E-state index >= 15 is 0 Å². The van der Waals surface area contributed by atoms with Crippen molar-refractivity contribution in [3.63, 3.8) is 0 Å². The molecule has 0 spiro atoms. The molecule has 0 fully saturated rings. The molecule has 0 heterocycles. The average Bonchev–Trinajstić information content (AvgIpc) is 2.01. The monoisotopic (exact) mass is 176 g/mol. The molecule has 1 aromatic carbocycles. The molecule has 0 aromatic heterocycles. The van der Waals surface area contributed by atoms with Crippen LogP contribution in [-0.2, 0) is 12.2 Å². The Balaban J connectivity index is 3.22. The fourth-order valence-electron chi connectivity index (χ4n) is 1.34. The largest absolute Gasteiger partial charge is 0.392 e. The van der Waals surface area contributed by atoms with Gasteiger partial charge in [0.1, 0.15) is 7.85 Å².